The minimum Gasteiger partial charge on any atom is -0.508 e. The first-order chi connectivity index (χ1) is 12.1. The van der Waals surface area contributed by atoms with E-state index in [-0.39, 0.29) is 30.2 Å². The molecule has 0 saturated carbocycles. The summed E-state index contributed by atoms with van der Waals surface area (Å²) in [5.41, 5.74) is 1.43. The van der Waals surface area contributed by atoms with Gasteiger partial charge in [-0.2, -0.15) is 0 Å². The van der Waals surface area contributed by atoms with Gasteiger partial charge in [0, 0.05) is 18.7 Å². The van der Waals surface area contributed by atoms with E-state index in [0.29, 0.717) is 31.5 Å². The van der Waals surface area contributed by atoms with Crippen LogP contribution in [-0.4, -0.2) is 35.0 Å². The van der Waals surface area contributed by atoms with Crippen molar-refractivity contribution in [3.63, 3.8) is 0 Å². The number of aromatic hydroxyl groups is 1. The minimum absolute atomic E-state index is 0.0743. The highest BCUT2D eigenvalue weighted by Crippen LogP contribution is 2.22. The topological polar surface area (TPSA) is 66.8 Å². The molecule has 0 aliphatic carbocycles. The second kappa shape index (κ2) is 7.83. The van der Waals surface area contributed by atoms with E-state index in [4.69, 9.17) is 4.74 Å². The third-order valence-electron chi connectivity index (χ3n) is 4.43. The summed E-state index contributed by atoms with van der Waals surface area (Å²) in [6, 6.07) is 15.9. The van der Waals surface area contributed by atoms with Crippen LogP contribution < -0.4 is 0 Å². The number of esters is 1. The number of benzene rings is 2. The van der Waals surface area contributed by atoms with Crippen molar-refractivity contribution in [1.82, 2.24) is 4.90 Å². The van der Waals surface area contributed by atoms with Crippen LogP contribution in [-0.2, 0) is 16.1 Å². The molecule has 1 aliphatic rings. The van der Waals surface area contributed by atoms with Crippen molar-refractivity contribution < 1.29 is 19.4 Å². The maximum atomic E-state index is 12.4. The Kier molecular flexibility index (Phi) is 5.33. The van der Waals surface area contributed by atoms with Crippen LogP contribution in [0.3, 0.4) is 0 Å². The lowest BCUT2D eigenvalue weighted by Gasteiger charge is -2.31. The van der Waals surface area contributed by atoms with Gasteiger partial charge in [0.2, 0.25) is 0 Å². The Morgan fingerprint density at radius 2 is 1.76 bits per heavy atom. The Hall–Kier alpha value is -2.82. The molecule has 5 heteroatoms. The highest BCUT2D eigenvalue weighted by atomic mass is 16.5. The maximum absolute atomic E-state index is 12.4. The fraction of sp³-hybridized carbons (Fsp3) is 0.300. The van der Waals surface area contributed by atoms with Crippen molar-refractivity contribution in [3.8, 4) is 5.75 Å². The number of carbonyl (C=O) groups is 2. The number of piperidine rings is 1. The Morgan fingerprint density at radius 3 is 2.44 bits per heavy atom. The van der Waals surface area contributed by atoms with Gasteiger partial charge in [0.1, 0.15) is 12.4 Å². The van der Waals surface area contributed by atoms with Gasteiger partial charge in [-0.15, -0.1) is 0 Å². The van der Waals surface area contributed by atoms with Crippen molar-refractivity contribution in [3.05, 3.63) is 65.7 Å². The summed E-state index contributed by atoms with van der Waals surface area (Å²) in [5.74, 6) is -0.414. The predicted octanol–water partition coefficient (Wildman–Crippen LogP) is 2.99. The first-order valence-electron chi connectivity index (χ1n) is 8.42. The highest BCUT2D eigenvalue weighted by Gasteiger charge is 2.28. The molecule has 1 N–H and O–H groups in total. The fourth-order valence-corrected chi connectivity index (χ4v) is 2.99. The van der Waals surface area contributed by atoms with Gasteiger partial charge in [0.25, 0.3) is 5.91 Å². The zero-order chi connectivity index (χ0) is 17.6. The summed E-state index contributed by atoms with van der Waals surface area (Å²) in [4.78, 5) is 26.4. The summed E-state index contributed by atoms with van der Waals surface area (Å²) in [6.45, 7) is 1.31. The lowest BCUT2D eigenvalue weighted by atomic mass is 9.96. The van der Waals surface area contributed by atoms with Crippen LogP contribution in [0, 0.1) is 5.92 Å². The Morgan fingerprint density at radius 1 is 1.04 bits per heavy atom. The van der Waals surface area contributed by atoms with Gasteiger partial charge in [-0.1, -0.05) is 36.4 Å². The molecule has 1 saturated heterocycles. The largest absolute Gasteiger partial charge is 0.508 e. The summed E-state index contributed by atoms with van der Waals surface area (Å²) >= 11 is 0. The maximum Gasteiger partial charge on any atom is 0.309 e. The van der Waals surface area contributed by atoms with E-state index in [9.17, 15) is 14.7 Å². The summed E-state index contributed by atoms with van der Waals surface area (Å²) in [6.07, 6.45) is 1.19. The van der Waals surface area contributed by atoms with E-state index in [0.717, 1.165) is 5.56 Å². The van der Waals surface area contributed by atoms with Gasteiger partial charge in [0.05, 0.1) is 5.92 Å². The molecule has 2 aromatic carbocycles. The number of phenolic OH excluding ortho intramolecular Hbond substituents is 1. The third kappa shape index (κ3) is 4.38. The smallest absolute Gasteiger partial charge is 0.309 e. The van der Waals surface area contributed by atoms with Crippen molar-refractivity contribution in [2.75, 3.05) is 13.1 Å². The quantitative estimate of drug-likeness (QED) is 0.870. The number of likely N-dealkylation sites (tertiary alicyclic amines) is 1. The Labute approximate surface area is 146 Å². The third-order valence-corrected chi connectivity index (χ3v) is 4.43. The zero-order valence-corrected chi connectivity index (χ0v) is 13.9. The second-order valence-corrected chi connectivity index (χ2v) is 6.21. The molecule has 1 fully saturated rings. The molecule has 1 aliphatic heterocycles. The SMILES string of the molecule is O=C(OCc1ccccc1)C1CCN(C(=O)c2cccc(O)c2)CC1. The standard InChI is InChI=1S/C20H21NO4/c22-18-8-4-7-17(13-18)19(23)21-11-9-16(10-12-21)20(24)25-14-15-5-2-1-3-6-15/h1-8,13,16,22H,9-12,14H2. The molecular weight excluding hydrogens is 318 g/mol. The monoisotopic (exact) mass is 339 g/mol. The number of ether oxygens (including phenoxy) is 1. The fourth-order valence-electron chi connectivity index (χ4n) is 2.99. The molecule has 0 aromatic heterocycles. The van der Waals surface area contributed by atoms with Gasteiger partial charge < -0.3 is 14.7 Å². The molecule has 1 amide bonds. The molecular formula is C20H21NO4. The van der Waals surface area contributed by atoms with E-state index >= 15 is 0 Å². The molecule has 0 spiro atoms. The lowest BCUT2D eigenvalue weighted by Crippen LogP contribution is -2.40. The van der Waals surface area contributed by atoms with Crippen LogP contribution >= 0.6 is 0 Å². The molecule has 5 nitrogen and oxygen atoms in total. The van der Waals surface area contributed by atoms with Crippen molar-refractivity contribution in [1.29, 1.82) is 0 Å². The summed E-state index contributed by atoms with van der Waals surface area (Å²) in [5, 5.41) is 9.50. The highest BCUT2D eigenvalue weighted by molar-refractivity contribution is 5.94. The molecule has 25 heavy (non-hydrogen) atoms. The Balaban J connectivity index is 1.49. The van der Waals surface area contributed by atoms with Gasteiger partial charge in [-0.05, 0) is 36.6 Å². The van der Waals surface area contributed by atoms with Crippen molar-refractivity contribution >= 4 is 11.9 Å². The van der Waals surface area contributed by atoms with E-state index in [2.05, 4.69) is 0 Å². The first-order valence-corrected chi connectivity index (χ1v) is 8.42. The van der Waals surface area contributed by atoms with Crippen molar-refractivity contribution in [2.24, 2.45) is 5.92 Å². The lowest BCUT2D eigenvalue weighted by molar-refractivity contribution is -0.151. The van der Waals surface area contributed by atoms with E-state index in [1.165, 1.54) is 12.1 Å². The molecule has 130 valence electrons. The second-order valence-electron chi connectivity index (χ2n) is 6.21. The number of hydrogen-bond acceptors (Lipinski definition) is 4. The molecule has 3 rings (SSSR count). The average Bonchev–Trinajstić information content (AvgIpc) is 2.66. The molecule has 0 unspecified atom stereocenters. The Bertz CT molecular complexity index is 736. The molecule has 2 aromatic rings. The van der Waals surface area contributed by atoms with Gasteiger partial charge >= 0.3 is 5.97 Å². The molecule has 0 bridgehead atoms. The van der Waals surface area contributed by atoms with Gasteiger partial charge in [-0.25, -0.2) is 0 Å². The van der Waals surface area contributed by atoms with Gasteiger partial charge in [-0.3, -0.25) is 9.59 Å². The molecule has 0 atom stereocenters. The number of amides is 1. The van der Waals surface area contributed by atoms with E-state index in [1.807, 2.05) is 30.3 Å². The first kappa shape index (κ1) is 17.0. The number of hydrogen-bond donors (Lipinski definition) is 1. The van der Waals surface area contributed by atoms with Crippen molar-refractivity contribution in [2.45, 2.75) is 19.4 Å². The van der Waals surface area contributed by atoms with E-state index < -0.39 is 0 Å². The molecule has 0 radical (unpaired) electrons. The predicted molar refractivity (Wildman–Crippen MR) is 93.0 cm³/mol. The molecule has 1 heterocycles. The normalized spacial score (nSPS) is 15.0. The number of nitrogens with zero attached hydrogens (tertiary/aromatic N) is 1. The van der Waals surface area contributed by atoms with Crippen LogP contribution in [0.2, 0.25) is 0 Å². The van der Waals surface area contributed by atoms with Crippen LogP contribution in [0.15, 0.2) is 54.6 Å². The van der Waals surface area contributed by atoms with Crippen LogP contribution in [0.25, 0.3) is 0 Å². The zero-order valence-electron chi connectivity index (χ0n) is 13.9. The van der Waals surface area contributed by atoms with Crippen LogP contribution in [0.4, 0.5) is 0 Å². The minimum atomic E-state index is -0.201. The van der Waals surface area contributed by atoms with Crippen LogP contribution in [0.1, 0.15) is 28.8 Å². The summed E-state index contributed by atoms with van der Waals surface area (Å²) < 4.78 is 5.39. The number of carbonyl (C=O) groups excluding carboxylic acids is 2. The average molecular weight is 339 g/mol. The number of rotatable bonds is 4. The summed E-state index contributed by atoms with van der Waals surface area (Å²) in [7, 11) is 0. The van der Waals surface area contributed by atoms with Crippen LogP contribution in [0.5, 0.6) is 5.75 Å². The van der Waals surface area contributed by atoms with E-state index in [1.54, 1.807) is 17.0 Å². The van der Waals surface area contributed by atoms with Gasteiger partial charge in [0.15, 0.2) is 0 Å². The number of phenols is 1.